The van der Waals surface area contributed by atoms with Crippen molar-refractivity contribution in [2.75, 3.05) is 0 Å². The van der Waals surface area contributed by atoms with Gasteiger partial charge in [0.05, 0.1) is 12.4 Å². The number of hydrogen-bond donors (Lipinski definition) is 1. The molecule has 6 nitrogen and oxygen atoms in total. The van der Waals surface area contributed by atoms with Crippen LogP contribution in [0.5, 0.6) is 0 Å². The van der Waals surface area contributed by atoms with Crippen molar-refractivity contribution in [1.29, 1.82) is 0 Å². The second kappa shape index (κ2) is 6.17. The van der Waals surface area contributed by atoms with Crippen molar-refractivity contribution in [2.45, 2.75) is 39.9 Å². The Morgan fingerprint density at radius 3 is 2.68 bits per heavy atom. The van der Waals surface area contributed by atoms with Crippen LogP contribution in [-0.4, -0.2) is 25.5 Å². The highest BCUT2D eigenvalue weighted by atomic mass is 16.1. The minimum atomic E-state index is 0.0254. The molecule has 0 saturated heterocycles. The van der Waals surface area contributed by atoms with Crippen LogP contribution in [0.25, 0.3) is 0 Å². The van der Waals surface area contributed by atoms with Crippen LogP contribution in [0.1, 0.15) is 24.5 Å². The lowest BCUT2D eigenvalue weighted by Crippen LogP contribution is -2.23. The molecule has 0 radical (unpaired) electrons. The lowest BCUT2D eigenvalue weighted by molar-refractivity contribution is -0.121. The lowest BCUT2D eigenvalue weighted by atomic mass is 10.3. The average molecular weight is 261 g/mol. The van der Waals surface area contributed by atoms with E-state index in [0.717, 1.165) is 17.7 Å². The van der Waals surface area contributed by atoms with Crippen LogP contribution in [0.15, 0.2) is 24.8 Å². The largest absolute Gasteiger partial charge is 0.352 e. The molecule has 0 bridgehead atoms. The van der Waals surface area contributed by atoms with Gasteiger partial charge in [-0.3, -0.25) is 14.2 Å². The number of carbonyl (C=O) groups excluding carboxylic acids is 1. The summed E-state index contributed by atoms with van der Waals surface area (Å²) in [5, 5.41) is 11.2. The summed E-state index contributed by atoms with van der Waals surface area (Å²) in [4.78, 5) is 11.7. The molecular weight excluding hydrogens is 242 g/mol. The van der Waals surface area contributed by atoms with Crippen LogP contribution < -0.4 is 5.32 Å². The Hall–Kier alpha value is -2.11. The van der Waals surface area contributed by atoms with Crippen LogP contribution in [0.3, 0.4) is 0 Å². The summed E-state index contributed by atoms with van der Waals surface area (Å²) >= 11 is 0. The van der Waals surface area contributed by atoms with Gasteiger partial charge < -0.3 is 5.32 Å². The zero-order chi connectivity index (χ0) is 13.7. The van der Waals surface area contributed by atoms with Gasteiger partial charge in [-0.1, -0.05) is 0 Å². The Balaban J connectivity index is 1.72. The van der Waals surface area contributed by atoms with Crippen molar-refractivity contribution >= 4 is 5.91 Å². The van der Waals surface area contributed by atoms with E-state index in [1.54, 1.807) is 17.1 Å². The molecule has 2 rings (SSSR count). The minimum absolute atomic E-state index is 0.0254. The Morgan fingerprint density at radius 2 is 2.05 bits per heavy atom. The SMILES string of the molecule is CCn1cc(CNC(=O)CCn2cc(C)cn2)cn1. The molecule has 2 aromatic rings. The molecule has 19 heavy (non-hydrogen) atoms. The first-order valence-corrected chi connectivity index (χ1v) is 6.44. The van der Waals surface area contributed by atoms with Gasteiger partial charge in [-0.2, -0.15) is 10.2 Å². The van der Waals surface area contributed by atoms with Gasteiger partial charge >= 0.3 is 0 Å². The number of nitrogens with zero attached hydrogens (tertiary/aromatic N) is 4. The topological polar surface area (TPSA) is 64.7 Å². The van der Waals surface area contributed by atoms with E-state index in [1.165, 1.54) is 0 Å². The number of amides is 1. The summed E-state index contributed by atoms with van der Waals surface area (Å²) < 4.78 is 3.62. The van der Waals surface area contributed by atoms with Crippen LogP contribution in [0.4, 0.5) is 0 Å². The van der Waals surface area contributed by atoms with Crippen molar-refractivity contribution < 1.29 is 4.79 Å². The molecule has 0 fully saturated rings. The first-order chi connectivity index (χ1) is 9.17. The van der Waals surface area contributed by atoms with Crippen LogP contribution in [-0.2, 0) is 24.4 Å². The monoisotopic (exact) mass is 261 g/mol. The Labute approximate surface area is 112 Å². The molecular formula is C13H19N5O. The molecule has 1 N–H and O–H groups in total. The van der Waals surface area contributed by atoms with E-state index in [4.69, 9.17) is 0 Å². The summed E-state index contributed by atoms with van der Waals surface area (Å²) in [6.45, 7) is 5.98. The Bertz CT molecular complexity index is 543. The highest BCUT2D eigenvalue weighted by molar-refractivity contribution is 5.75. The standard InChI is InChI=1S/C13H19N5O/c1-3-17-10-12(8-16-17)7-14-13(19)4-5-18-9-11(2)6-15-18/h6,8-10H,3-5,7H2,1-2H3,(H,14,19). The predicted molar refractivity (Wildman–Crippen MR) is 71.3 cm³/mol. The smallest absolute Gasteiger partial charge is 0.222 e. The summed E-state index contributed by atoms with van der Waals surface area (Å²) in [6.07, 6.45) is 7.87. The molecule has 2 heterocycles. The van der Waals surface area contributed by atoms with Crippen LogP contribution >= 0.6 is 0 Å². The third-order valence-corrected chi connectivity index (χ3v) is 2.83. The maximum absolute atomic E-state index is 11.7. The Morgan fingerprint density at radius 1 is 1.26 bits per heavy atom. The fourth-order valence-electron chi connectivity index (χ4n) is 1.76. The first-order valence-electron chi connectivity index (χ1n) is 6.44. The van der Waals surface area contributed by atoms with E-state index in [9.17, 15) is 4.79 Å². The van der Waals surface area contributed by atoms with Crippen LogP contribution in [0.2, 0.25) is 0 Å². The first kappa shape index (κ1) is 13.3. The van der Waals surface area contributed by atoms with Gasteiger partial charge in [0.1, 0.15) is 0 Å². The van der Waals surface area contributed by atoms with Crippen molar-refractivity contribution in [3.05, 3.63) is 35.9 Å². The molecule has 0 saturated carbocycles. The summed E-state index contributed by atoms with van der Waals surface area (Å²) in [6, 6.07) is 0. The zero-order valence-electron chi connectivity index (χ0n) is 11.3. The molecule has 0 spiro atoms. The fourth-order valence-corrected chi connectivity index (χ4v) is 1.76. The maximum Gasteiger partial charge on any atom is 0.222 e. The molecule has 6 heteroatoms. The van der Waals surface area contributed by atoms with E-state index >= 15 is 0 Å². The highest BCUT2D eigenvalue weighted by Gasteiger charge is 2.04. The number of rotatable bonds is 6. The Kier molecular flexibility index (Phi) is 4.33. The van der Waals surface area contributed by atoms with Gasteiger partial charge in [0.15, 0.2) is 0 Å². The average Bonchev–Trinajstić information content (AvgIpc) is 3.02. The normalized spacial score (nSPS) is 10.6. The minimum Gasteiger partial charge on any atom is -0.352 e. The molecule has 0 aromatic carbocycles. The number of hydrogen-bond acceptors (Lipinski definition) is 3. The van der Waals surface area contributed by atoms with Gasteiger partial charge in [0.25, 0.3) is 0 Å². The van der Waals surface area contributed by atoms with Gasteiger partial charge in [0.2, 0.25) is 5.91 Å². The van der Waals surface area contributed by atoms with E-state index in [-0.39, 0.29) is 5.91 Å². The van der Waals surface area contributed by atoms with Gasteiger partial charge in [0, 0.05) is 44.0 Å². The number of aromatic nitrogens is 4. The number of nitrogens with one attached hydrogen (secondary N) is 1. The van der Waals surface area contributed by atoms with Crippen molar-refractivity contribution in [2.24, 2.45) is 0 Å². The highest BCUT2D eigenvalue weighted by Crippen LogP contribution is 1.99. The van der Waals surface area contributed by atoms with Crippen molar-refractivity contribution in [3.63, 3.8) is 0 Å². The maximum atomic E-state index is 11.7. The van der Waals surface area contributed by atoms with E-state index in [2.05, 4.69) is 15.5 Å². The lowest BCUT2D eigenvalue weighted by Gasteiger charge is -2.03. The number of carbonyl (C=O) groups is 1. The molecule has 0 aliphatic heterocycles. The summed E-state index contributed by atoms with van der Waals surface area (Å²) in [5.74, 6) is 0.0254. The number of aryl methyl sites for hydroxylation is 3. The molecule has 0 unspecified atom stereocenters. The third-order valence-electron chi connectivity index (χ3n) is 2.83. The van der Waals surface area contributed by atoms with Gasteiger partial charge in [-0.05, 0) is 19.4 Å². The zero-order valence-corrected chi connectivity index (χ0v) is 11.3. The van der Waals surface area contributed by atoms with Gasteiger partial charge in [-0.15, -0.1) is 0 Å². The molecule has 0 aliphatic carbocycles. The summed E-state index contributed by atoms with van der Waals surface area (Å²) in [7, 11) is 0. The van der Waals surface area contributed by atoms with Crippen LogP contribution in [0, 0.1) is 6.92 Å². The third kappa shape index (κ3) is 3.94. The van der Waals surface area contributed by atoms with E-state index < -0.39 is 0 Å². The van der Waals surface area contributed by atoms with Crippen molar-refractivity contribution in [1.82, 2.24) is 24.9 Å². The quantitative estimate of drug-likeness (QED) is 0.847. The second-order valence-corrected chi connectivity index (χ2v) is 4.51. The van der Waals surface area contributed by atoms with Crippen molar-refractivity contribution in [3.8, 4) is 0 Å². The summed E-state index contributed by atoms with van der Waals surface area (Å²) in [5.41, 5.74) is 2.12. The second-order valence-electron chi connectivity index (χ2n) is 4.51. The van der Waals surface area contributed by atoms with E-state index in [1.807, 2.05) is 30.9 Å². The predicted octanol–water partition coefficient (Wildman–Crippen LogP) is 1.11. The molecule has 102 valence electrons. The molecule has 1 amide bonds. The molecule has 0 atom stereocenters. The fraction of sp³-hybridized carbons (Fsp3) is 0.462. The molecule has 2 aromatic heterocycles. The van der Waals surface area contributed by atoms with Gasteiger partial charge in [-0.25, -0.2) is 0 Å². The molecule has 0 aliphatic rings. The van der Waals surface area contributed by atoms with E-state index in [0.29, 0.717) is 19.5 Å².